The van der Waals surface area contributed by atoms with E-state index in [1.54, 1.807) is 12.4 Å². The molecule has 1 aromatic heterocycles. The topological polar surface area (TPSA) is 63.3 Å². The Morgan fingerprint density at radius 2 is 2.06 bits per heavy atom. The van der Waals surface area contributed by atoms with E-state index in [-0.39, 0.29) is 5.11 Å². The van der Waals surface area contributed by atoms with Gasteiger partial charge in [0.2, 0.25) is 0 Å². The molecule has 0 aliphatic heterocycles. The number of nitrogens with one attached hydrogen (secondary N) is 1. The van der Waals surface area contributed by atoms with Gasteiger partial charge < -0.3 is 5.73 Å². The molecule has 0 fully saturated rings. The number of unbranched alkanes of at least 4 members (excludes halogenated alkanes) is 3. The minimum atomic E-state index is 0.190. The first-order chi connectivity index (χ1) is 8.74. The number of aromatic nitrogens is 1. The van der Waals surface area contributed by atoms with Gasteiger partial charge in [-0.15, -0.1) is 0 Å². The first-order valence-corrected chi connectivity index (χ1v) is 6.67. The average molecular weight is 264 g/mol. The normalized spacial score (nSPS) is 11.3. The van der Waals surface area contributed by atoms with Crippen molar-refractivity contribution >= 4 is 23.0 Å². The minimum absolute atomic E-state index is 0.190. The molecule has 98 valence electrons. The van der Waals surface area contributed by atoms with E-state index in [1.807, 2.05) is 12.1 Å². The zero-order chi connectivity index (χ0) is 13.2. The summed E-state index contributed by atoms with van der Waals surface area (Å²) in [6.07, 6.45) is 9.26. The van der Waals surface area contributed by atoms with Gasteiger partial charge in [-0.2, -0.15) is 5.10 Å². The molecule has 0 aromatic carbocycles. The first kappa shape index (κ1) is 14.6. The third-order valence-corrected chi connectivity index (χ3v) is 2.67. The summed E-state index contributed by atoms with van der Waals surface area (Å²) in [6, 6.07) is 3.89. The highest BCUT2D eigenvalue weighted by molar-refractivity contribution is 7.80. The average Bonchev–Trinajstić information content (AvgIpc) is 2.38. The van der Waals surface area contributed by atoms with Gasteiger partial charge in [-0.1, -0.05) is 26.2 Å². The number of hydrazone groups is 1. The number of nitrogens with zero attached hydrogens (tertiary/aromatic N) is 2. The molecule has 0 bridgehead atoms. The fourth-order valence-corrected chi connectivity index (χ4v) is 1.70. The van der Waals surface area contributed by atoms with Gasteiger partial charge in [0.1, 0.15) is 0 Å². The third kappa shape index (κ3) is 5.72. The van der Waals surface area contributed by atoms with Crippen LogP contribution in [0.1, 0.15) is 44.6 Å². The van der Waals surface area contributed by atoms with Gasteiger partial charge in [0.25, 0.3) is 0 Å². The van der Waals surface area contributed by atoms with Gasteiger partial charge in [-0.05, 0) is 37.2 Å². The Hall–Kier alpha value is -1.49. The second-order valence-electron chi connectivity index (χ2n) is 4.08. The SMILES string of the molecule is CCCCCC/C(=N\NC(N)=S)c1ccncc1. The van der Waals surface area contributed by atoms with Gasteiger partial charge in [-0.3, -0.25) is 10.4 Å². The lowest BCUT2D eigenvalue weighted by atomic mass is 10.0. The monoisotopic (exact) mass is 264 g/mol. The summed E-state index contributed by atoms with van der Waals surface area (Å²) >= 11 is 4.77. The largest absolute Gasteiger partial charge is 0.375 e. The van der Waals surface area contributed by atoms with E-state index in [9.17, 15) is 0 Å². The number of hydrogen-bond donors (Lipinski definition) is 2. The molecule has 0 saturated heterocycles. The van der Waals surface area contributed by atoms with Crippen molar-refractivity contribution < 1.29 is 0 Å². The number of rotatable bonds is 7. The summed E-state index contributed by atoms with van der Waals surface area (Å²) in [5, 5.41) is 4.45. The second kappa shape index (κ2) is 8.58. The lowest BCUT2D eigenvalue weighted by Crippen LogP contribution is -2.25. The standard InChI is InChI=1S/C13H20N4S/c1-2-3-4-5-6-12(16-17-13(14)18)11-7-9-15-10-8-11/h7-10H,2-6H2,1H3,(H3,14,17,18)/b16-12+. The molecule has 1 rings (SSSR count). The molecular weight excluding hydrogens is 244 g/mol. The molecule has 1 heterocycles. The van der Waals surface area contributed by atoms with Crippen molar-refractivity contribution in [1.82, 2.24) is 10.4 Å². The van der Waals surface area contributed by atoms with E-state index < -0.39 is 0 Å². The second-order valence-corrected chi connectivity index (χ2v) is 4.52. The highest BCUT2D eigenvalue weighted by Crippen LogP contribution is 2.09. The summed E-state index contributed by atoms with van der Waals surface area (Å²) in [6.45, 7) is 2.20. The Balaban J connectivity index is 2.64. The fourth-order valence-electron chi connectivity index (χ4n) is 1.65. The van der Waals surface area contributed by atoms with Crippen molar-refractivity contribution in [3.8, 4) is 0 Å². The number of hydrogen-bond acceptors (Lipinski definition) is 3. The summed E-state index contributed by atoms with van der Waals surface area (Å²) < 4.78 is 0. The lowest BCUT2D eigenvalue weighted by Gasteiger charge is -2.07. The number of pyridine rings is 1. The lowest BCUT2D eigenvalue weighted by molar-refractivity contribution is 0.682. The zero-order valence-electron chi connectivity index (χ0n) is 10.7. The van der Waals surface area contributed by atoms with Crippen LogP contribution in [0.3, 0.4) is 0 Å². The Bertz CT molecular complexity index is 389. The van der Waals surface area contributed by atoms with E-state index >= 15 is 0 Å². The van der Waals surface area contributed by atoms with Crippen molar-refractivity contribution in [1.29, 1.82) is 0 Å². The van der Waals surface area contributed by atoms with Crippen LogP contribution in [0.15, 0.2) is 29.6 Å². The molecule has 1 aromatic rings. The molecule has 0 unspecified atom stereocenters. The molecule has 18 heavy (non-hydrogen) atoms. The van der Waals surface area contributed by atoms with Crippen molar-refractivity contribution in [2.45, 2.75) is 39.0 Å². The molecule has 0 radical (unpaired) electrons. The highest BCUT2D eigenvalue weighted by Gasteiger charge is 2.03. The van der Waals surface area contributed by atoms with Crippen LogP contribution in [0, 0.1) is 0 Å². The van der Waals surface area contributed by atoms with Crippen molar-refractivity contribution in [2.75, 3.05) is 0 Å². The Kier molecular flexibility index (Phi) is 6.94. The van der Waals surface area contributed by atoms with Gasteiger partial charge in [0, 0.05) is 18.0 Å². The molecule has 0 saturated carbocycles. The molecule has 0 spiro atoms. The summed E-state index contributed by atoms with van der Waals surface area (Å²) in [4.78, 5) is 4.01. The van der Waals surface area contributed by atoms with E-state index in [0.717, 1.165) is 24.1 Å². The summed E-state index contributed by atoms with van der Waals surface area (Å²) in [7, 11) is 0. The maximum absolute atomic E-state index is 5.40. The van der Waals surface area contributed by atoms with Crippen molar-refractivity contribution in [2.24, 2.45) is 10.8 Å². The van der Waals surface area contributed by atoms with Crippen molar-refractivity contribution in [3.05, 3.63) is 30.1 Å². The highest BCUT2D eigenvalue weighted by atomic mass is 32.1. The van der Waals surface area contributed by atoms with Crippen LogP contribution in [0.2, 0.25) is 0 Å². The van der Waals surface area contributed by atoms with Crippen LogP contribution in [0.25, 0.3) is 0 Å². The maximum atomic E-state index is 5.40. The molecule has 5 heteroatoms. The third-order valence-electron chi connectivity index (χ3n) is 2.58. The van der Waals surface area contributed by atoms with Gasteiger partial charge in [-0.25, -0.2) is 0 Å². The molecule has 3 N–H and O–H groups in total. The smallest absolute Gasteiger partial charge is 0.184 e. The Morgan fingerprint density at radius 3 is 2.67 bits per heavy atom. The van der Waals surface area contributed by atoms with Gasteiger partial charge in [0.05, 0.1) is 5.71 Å². The van der Waals surface area contributed by atoms with Crippen LogP contribution in [0.4, 0.5) is 0 Å². The van der Waals surface area contributed by atoms with E-state index in [1.165, 1.54) is 19.3 Å². The number of thiocarbonyl (C=S) groups is 1. The fraction of sp³-hybridized carbons (Fsp3) is 0.462. The molecule has 0 aliphatic carbocycles. The van der Waals surface area contributed by atoms with Gasteiger partial charge in [0.15, 0.2) is 5.11 Å². The Morgan fingerprint density at radius 1 is 1.33 bits per heavy atom. The summed E-state index contributed by atoms with van der Waals surface area (Å²) in [5.74, 6) is 0. The molecular formula is C13H20N4S. The van der Waals surface area contributed by atoms with Gasteiger partial charge >= 0.3 is 0 Å². The molecule has 0 atom stereocenters. The quantitative estimate of drug-likeness (QED) is 0.344. The van der Waals surface area contributed by atoms with E-state index in [4.69, 9.17) is 18.0 Å². The number of nitrogens with two attached hydrogens (primary N) is 1. The summed E-state index contributed by atoms with van der Waals surface area (Å²) in [5.41, 5.74) is 10.1. The molecule has 0 aliphatic rings. The van der Waals surface area contributed by atoms with Crippen molar-refractivity contribution in [3.63, 3.8) is 0 Å². The van der Waals surface area contributed by atoms with Crippen LogP contribution in [0.5, 0.6) is 0 Å². The van der Waals surface area contributed by atoms with E-state index in [2.05, 4.69) is 22.4 Å². The minimum Gasteiger partial charge on any atom is -0.375 e. The predicted octanol–water partition coefficient (Wildman–Crippen LogP) is 2.59. The van der Waals surface area contributed by atoms with Crippen LogP contribution >= 0.6 is 12.2 Å². The molecule has 4 nitrogen and oxygen atoms in total. The zero-order valence-corrected chi connectivity index (χ0v) is 11.5. The Labute approximate surface area is 114 Å². The molecule has 0 amide bonds. The van der Waals surface area contributed by atoms with Crippen LogP contribution < -0.4 is 11.2 Å². The van der Waals surface area contributed by atoms with Crippen LogP contribution in [-0.2, 0) is 0 Å². The predicted molar refractivity (Wildman–Crippen MR) is 79.5 cm³/mol. The first-order valence-electron chi connectivity index (χ1n) is 6.26. The van der Waals surface area contributed by atoms with E-state index in [0.29, 0.717) is 0 Å². The maximum Gasteiger partial charge on any atom is 0.184 e. The van der Waals surface area contributed by atoms with Crippen LogP contribution in [-0.4, -0.2) is 15.8 Å².